The summed E-state index contributed by atoms with van der Waals surface area (Å²) < 4.78 is 0. The number of aromatic nitrogens is 1. The standard InChI is InChI=1S/C10H14N2O/c13-8-10(3-4-10)7-12-9-1-5-11-6-2-9/h1-2,5-6,13H,3-4,7-8H2,(H,11,12). The summed E-state index contributed by atoms with van der Waals surface area (Å²) in [5.74, 6) is 0. The molecule has 1 aromatic heterocycles. The average Bonchev–Trinajstić information content (AvgIpc) is 2.97. The molecule has 0 atom stereocenters. The molecule has 3 heteroatoms. The first kappa shape index (κ1) is 8.51. The fourth-order valence-corrected chi connectivity index (χ4v) is 1.33. The molecule has 1 heterocycles. The number of hydrogen-bond donors (Lipinski definition) is 2. The molecule has 70 valence electrons. The van der Waals surface area contributed by atoms with Crippen LogP contribution in [0.1, 0.15) is 12.8 Å². The molecule has 0 radical (unpaired) electrons. The van der Waals surface area contributed by atoms with Gasteiger partial charge in [-0.1, -0.05) is 0 Å². The third-order valence-electron chi connectivity index (χ3n) is 2.64. The predicted octanol–water partition coefficient (Wildman–Crippen LogP) is 1.27. The smallest absolute Gasteiger partial charge is 0.0504 e. The van der Waals surface area contributed by atoms with Crippen LogP contribution in [0.5, 0.6) is 0 Å². The zero-order valence-corrected chi connectivity index (χ0v) is 7.53. The second kappa shape index (κ2) is 3.34. The van der Waals surface area contributed by atoms with Gasteiger partial charge >= 0.3 is 0 Å². The van der Waals surface area contributed by atoms with Crippen molar-refractivity contribution in [2.45, 2.75) is 12.8 Å². The highest BCUT2D eigenvalue weighted by atomic mass is 16.3. The molecule has 0 amide bonds. The molecule has 0 unspecified atom stereocenters. The minimum atomic E-state index is 0.170. The van der Waals surface area contributed by atoms with Crippen LogP contribution in [-0.2, 0) is 0 Å². The SMILES string of the molecule is OCC1(CNc2ccncc2)CC1. The molecular formula is C10H14N2O. The number of nitrogens with one attached hydrogen (secondary N) is 1. The summed E-state index contributed by atoms with van der Waals surface area (Å²) in [6.07, 6.45) is 5.81. The van der Waals surface area contributed by atoms with E-state index in [0.717, 1.165) is 25.1 Å². The highest BCUT2D eigenvalue weighted by molar-refractivity contribution is 5.41. The zero-order valence-electron chi connectivity index (χ0n) is 7.53. The van der Waals surface area contributed by atoms with Crippen molar-refractivity contribution in [3.63, 3.8) is 0 Å². The van der Waals surface area contributed by atoms with Gasteiger partial charge < -0.3 is 10.4 Å². The Morgan fingerprint density at radius 2 is 2.08 bits per heavy atom. The summed E-state index contributed by atoms with van der Waals surface area (Å²) in [6.45, 7) is 1.17. The molecule has 0 saturated heterocycles. The van der Waals surface area contributed by atoms with Crippen molar-refractivity contribution in [1.29, 1.82) is 0 Å². The van der Waals surface area contributed by atoms with Crippen molar-refractivity contribution in [2.75, 3.05) is 18.5 Å². The number of anilines is 1. The van der Waals surface area contributed by atoms with Gasteiger partial charge in [0.05, 0.1) is 6.61 Å². The van der Waals surface area contributed by atoms with E-state index in [1.807, 2.05) is 12.1 Å². The summed E-state index contributed by atoms with van der Waals surface area (Å²) in [7, 11) is 0. The van der Waals surface area contributed by atoms with Crippen molar-refractivity contribution < 1.29 is 5.11 Å². The summed E-state index contributed by atoms with van der Waals surface area (Å²) in [5, 5.41) is 12.4. The number of aliphatic hydroxyl groups is 1. The van der Waals surface area contributed by atoms with E-state index >= 15 is 0 Å². The van der Waals surface area contributed by atoms with E-state index in [0.29, 0.717) is 6.61 Å². The van der Waals surface area contributed by atoms with E-state index in [9.17, 15) is 0 Å². The lowest BCUT2D eigenvalue weighted by Crippen LogP contribution is -2.18. The molecule has 1 aliphatic rings. The fourth-order valence-electron chi connectivity index (χ4n) is 1.33. The Morgan fingerprint density at radius 3 is 2.62 bits per heavy atom. The monoisotopic (exact) mass is 178 g/mol. The lowest BCUT2D eigenvalue weighted by Gasteiger charge is -2.13. The first-order valence-electron chi connectivity index (χ1n) is 4.59. The minimum Gasteiger partial charge on any atom is -0.396 e. The van der Waals surface area contributed by atoms with Gasteiger partial charge in [0, 0.05) is 30.0 Å². The van der Waals surface area contributed by atoms with Crippen LogP contribution in [0.25, 0.3) is 0 Å². The van der Waals surface area contributed by atoms with Crippen molar-refractivity contribution >= 4 is 5.69 Å². The number of hydrogen-bond acceptors (Lipinski definition) is 3. The van der Waals surface area contributed by atoms with Crippen LogP contribution in [0.4, 0.5) is 5.69 Å². The lowest BCUT2D eigenvalue weighted by molar-refractivity contribution is 0.220. The van der Waals surface area contributed by atoms with E-state index < -0.39 is 0 Å². The predicted molar refractivity (Wildman–Crippen MR) is 51.5 cm³/mol. The maximum atomic E-state index is 9.08. The summed E-state index contributed by atoms with van der Waals surface area (Å²) >= 11 is 0. The van der Waals surface area contributed by atoms with E-state index in [4.69, 9.17) is 5.11 Å². The van der Waals surface area contributed by atoms with Crippen LogP contribution in [0.2, 0.25) is 0 Å². The molecule has 1 aromatic rings. The first-order chi connectivity index (χ1) is 6.35. The summed E-state index contributed by atoms with van der Waals surface area (Å²) in [5.41, 5.74) is 1.25. The Hall–Kier alpha value is -1.09. The molecular weight excluding hydrogens is 164 g/mol. The molecule has 1 saturated carbocycles. The van der Waals surface area contributed by atoms with Crippen LogP contribution >= 0.6 is 0 Å². The van der Waals surface area contributed by atoms with E-state index in [-0.39, 0.29) is 5.41 Å². The molecule has 0 aromatic carbocycles. The van der Waals surface area contributed by atoms with Gasteiger partial charge in [-0.15, -0.1) is 0 Å². The molecule has 1 fully saturated rings. The largest absolute Gasteiger partial charge is 0.396 e. The Balaban J connectivity index is 1.86. The van der Waals surface area contributed by atoms with Crippen LogP contribution in [0, 0.1) is 5.41 Å². The van der Waals surface area contributed by atoms with Gasteiger partial charge in [0.2, 0.25) is 0 Å². The molecule has 0 aliphatic heterocycles. The van der Waals surface area contributed by atoms with Gasteiger partial charge in [0.15, 0.2) is 0 Å². The Labute approximate surface area is 77.8 Å². The lowest BCUT2D eigenvalue weighted by atomic mass is 10.1. The van der Waals surface area contributed by atoms with E-state index in [2.05, 4.69) is 10.3 Å². The number of pyridine rings is 1. The van der Waals surface area contributed by atoms with Gasteiger partial charge in [-0.2, -0.15) is 0 Å². The molecule has 13 heavy (non-hydrogen) atoms. The average molecular weight is 178 g/mol. The topological polar surface area (TPSA) is 45.1 Å². The van der Waals surface area contributed by atoms with Crippen LogP contribution in [0.15, 0.2) is 24.5 Å². The van der Waals surface area contributed by atoms with Crippen LogP contribution in [0.3, 0.4) is 0 Å². The second-order valence-electron chi connectivity index (χ2n) is 3.75. The Kier molecular flexibility index (Phi) is 2.19. The summed E-state index contributed by atoms with van der Waals surface area (Å²) in [4.78, 5) is 3.94. The number of aliphatic hydroxyl groups excluding tert-OH is 1. The van der Waals surface area contributed by atoms with Gasteiger partial charge in [0.25, 0.3) is 0 Å². The van der Waals surface area contributed by atoms with Crippen molar-refractivity contribution in [3.8, 4) is 0 Å². The molecule has 2 N–H and O–H groups in total. The van der Waals surface area contributed by atoms with Gasteiger partial charge in [-0.25, -0.2) is 0 Å². The van der Waals surface area contributed by atoms with Gasteiger partial charge in [0.1, 0.15) is 0 Å². The molecule has 0 bridgehead atoms. The van der Waals surface area contributed by atoms with E-state index in [1.54, 1.807) is 12.4 Å². The molecule has 2 rings (SSSR count). The normalized spacial score (nSPS) is 18.2. The Morgan fingerprint density at radius 1 is 1.38 bits per heavy atom. The van der Waals surface area contributed by atoms with Crippen molar-refractivity contribution in [2.24, 2.45) is 5.41 Å². The molecule has 1 aliphatic carbocycles. The fraction of sp³-hybridized carbons (Fsp3) is 0.500. The highest BCUT2D eigenvalue weighted by Crippen LogP contribution is 2.44. The first-order valence-corrected chi connectivity index (χ1v) is 4.59. The zero-order chi connectivity index (χ0) is 9.15. The highest BCUT2D eigenvalue weighted by Gasteiger charge is 2.41. The Bertz CT molecular complexity index is 270. The number of rotatable bonds is 4. The quantitative estimate of drug-likeness (QED) is 0.729. The maximum Gasteiger partial charge on any atom is 0.0504 e. The molecule has 0 spiro atoms. The van der Waals surface area contributed by atoms with Gasteiger partial charge in [-0.3, -0.25) is 4.98 Å². The maximum absolute atomic E-state index is 9.08. The van der Waals surface area contributed by atoms with Gasteiger partial charge in [-0.05, 0) is 25.0 Å². The van der Waals surface area contributed by atoms with Crippen molar-refractivity contribution in [3.05, 3.63) is 24.5 Å². The van der Waals surface area contributed by atoms with E-state index in [1.165, 1.54) is 0 Å². The third-order valence-corrected chi connectivity index (χ3v) is 2.64. The minimum absolute atomic E-state index is 0.170. The van der Waals surface area contributed by atoms with Crippen LogP contribution < -0.4 is 5.32 Å². The van der Waals surface area contributed by atoms with Crippen LogP contribution in [-0.4, -0.2) is 23.2 Å². The third kappa shape index (κ3) is 1.98. The molecule has 3 nitrogen and oxygen atoms in total. The van der Waals surface area contributed by atoms with Crippen molar-refractivity contribution in [1.82, 2.24) is 4.98 Å². The number of nitrogens with zero attached hydrogens (tertiary/aromatic N) is 1. The summed E-state index contributed by atoms with van der Waals surface area (Å²) in [6, 6.07) is 3.88. The second-order valence-corrected chi connectivity index (χ2v) is 3.75.